The second kappa shape index (κ2) is 10.2. The minimum Gasteiger partial charge on any atom is -0.456 e. The van der Waals surface area contributed by atoms with Crippen LogP contribution in [0.15, 0.2) is 174 Å². The fourth-order valence-corrected chi connectivity index (χ4v) is 5.65. The molecule has 0 spiro atoms. The zero-order valence-corrected chi connectivity index (χ0v) is 23.4. The Morgan fingerprint density at radius 2 is 0.787 bits per heavy atom. The van der Waals surface area contributed by atoms with Crippen LogP contribution in [-0.2, 0) is 0 Å². The van der Waals surface area contributed by atoms with E-state index in [1.54, 1.807) is 0 Å². The Labute approximate surface area is 311 Å². The molecule has 1 heterocycles. The first kappa shape index (κ1) is 10.7. The maximum atomic E-state index is 9.64. The van der Waals surface area contributed by atoms with Crippen molar-refractivity contribution in [3.63, 3.8) is 0 Å². The Balaban J connectivity index is 1.41. The van der Waals surface area contributed by atoms with Crippen molar-refractivity contribution in [1.82, 2.24) is 0 Å². The standard InChI is InChI=1S/C46H28O/c1-2-10-35-30(9-1)19-22-33-27-32(23-25-36(33)35)29-17-20-31(21-18-29)45-38-12-3-5-14-40(38)46(41-15-6-4-13-39(41)45)34-24-26-44-42(28-34)37-11-7-8-16-43(37)47-44/h1-28H/i1D,2D,3D,4D,5D,6D,7D,8D,9D,10D,11D,12D,13D,14D,15D,16D,17D,18D,19D,20D,21D,22D,23D,24D,25D,26D,27D,28D. The summed E-state index contributed by atoms with van der Waals surface area (Å²) in [6.45, 7) is 0. The summed E-state index contributed by atoms with van der Waals surface area (Å²) in [5.41, 5.74) is -5.81. The molecule has 9 aromatic carbocycles. The van der Waals surface area contributed by atoms with E-state index in [1.165, 1.54) is 0 Å². The van der Waals surface area contributed by atoms with Gasteiger partial charge < -0.3 is 4.42 Å². The van der Waals surface area contributed by atoms with Crippen LogP contribution >= 0.6 is 0 Å². The Hall–Kier alpha value is -6.18. The topological polar surface area (TPSA) is 13.1 Å². The fraction of sp³-hybridized carbons (Fsp3) is 0. The van der Waals surface area contributed by atoms with Crippen molar-refractivity contribution in [3.05, 3.63) is 169 Å². The molecule has 0 aliphatic heterocycles. The number of para-hydroxylation sites is 1. The third kappa shape index (κ3) is 4.03. The molecule has 0 saturated heterocycles. The summed E-state index contributed by atoms with van der Waals surface area (Å²) in [6, 6.07) is -25.4. The van der Waals surface area contributed by atoms with E-state index in [0.717, 1.165) is 0 Å². The summed E-state index contributed by atoms with van der Waals surface area (Å²) in [5, 5.41) is -5.93. The molecule has 0 N–H and O–H groups in total. The van der Waals surface area contributed by atoms with Crippen LogP contribution in [0.1, 0.15) is 38.4 Å². The molecular weight excluding hydrogens is 569 g/mol. The SMILES string of the molecule is [2H]c1c([2H])c(-c2c3c([2H])c([2H])c([2H])c([2H])c3c(-c3c([2H])c([2H])c4oc5c([2H])c([2H])c([2H])c([2H])c5c4c3[2H])c3c([2H])c([2H])c([2H])c([2H])c23)c([2H])c([2H])c1-c1c([2H])c([2H])c2c(c1[2H])c([2H])c([2H])c1c([2H])c([2H])c([2H])c([2H])c12. The van der Waals surface area contributed by atoms with E-state index in [4.69, 9.17) is 27.7 Å². The van der Waals surface area contributed by atoms with Gasteiger partial charge in [0.1, 0.15) is 11.2 Å². The molecule has 10 rings (SSSR count). The highest BCUT2D eigenvalue weighted by Crippen LogP contribution is 2.45. The summed E-state index contributed by atoms with van der Waals surface area (Å²) >= 11 is 0. The third-order valence-electron chi connectivity index (χ3n) is 7.70. The molecule has 10 aromatic rings. The van der Waals surface area contributed by atoms with Gasteiger partial charge in [0.25, 0.3) is 0 Å². The van der Waals surface area contributed by atoms with Crippen molar-refractivity contribution >= 4 is 65.0 Å². The van der Waals surface area contributed by atoms with E-state index >= 15 is 0 Å². The minimum atomic E-state index is -1.11. The monoisotopic (exact) mass is 624 g/mol. The summed E-state index contributed by atoms with van der Waals surface area (Å²) in [7, 11) is 0. The van der Waals surface area contributed by atoms with Gasteiger partial charge >= 0.3 is 0 Å². The van der Waals surface area contributed by atoms with Gasteiger partial charge in [0, 0.05) is 10.8 Å². The van der Waals surface area contributed by atoms with E-state index in [1.807, 2.05) is 0 Å². The highest BCUT2D eigenvalue weighted by atomic mass is 16.3. The minimum absolute atomic E-state index is 0.426. The summed E-state index contributed by atoms with van der Waals surface area (Å²) in [5.74, 6) is 0. The van der Waals surface area contributed by atoms with Gasteiger partial charge in [0.05, 0.1) is 38.4 Å². The predicted octanol–water partition coefficient (Wildman–Crippen LogP) is 13.2. The number of benzene rings is 9. The molecule has 0 aliphatic rings. The van der Waals surface area contributed by atoms with Crippen molar-refractivity contribution in [1.29, 1.82) is 0 Å². The molecular formula is C46H28O. The number of hydrogen-bond acceptors (Lipinski definition) is 1. The molecule has 1 nitrogen and oxygen atoms in total. The van der Waals surface area contributed by atoms with Crippen LogP contribution in [0.3, 0.4) is 0 Å². The predicted molar refractivity (Wildman–Crippen MR) is 200 cm³/mol. The van der Waals surface area contributed by atoms with E-state index in [9.17, 15) is 15.1 Å². The van der Waals surface area contributed by atoms with Crippen molar-refractivity contribution in [3.8, 4) is 33.4 Å². The lowest BCUT2D eigenvalue weighted by atomic mass is 9.85. The maximum absolute atomic E-state index is 9.64. The van der Waals surface area contributed by atoms with E-state index < -0.39 is 268 Å². The molecule has 0 radical (unpaired) electrons. The van der Waals surface area contributed by atoms with Crippen LogP contribution in [0.5, 0.6) is 0 Å². The highest BCUT2D eigenvalue weighted by molar-refractivity contribution is 6.22. The average molecular weight is 625 g/mol. The molecule has 0 unspecified atom stereocenters. The maximum Gasteiger partial charge on any atom is 0.135 e. The van der Waals surface area contributed by atoms with E-state index in [0.29, 0.717) is 0 Å². The van der Waals surface area contributed by atoms with E-state index in [2.05, 4.69) is 0 Å². The lowest BCUT2D eigenvalue weighted by Crippen LogP contribution is -1.91. The molecule has 218 valence electrons. The Kier molecular flexibility index (Phi) is 2.31. The zero-order valence-electron chi connectivity index (χ0n) is 51.4. The molecule has 1 aromatic heterocycles. The Morgan fingerprint density at radius 3 is 1.51 bits per heavy atom. The highest BCUT2D eigenvalue weighted by Gasteiger charge is 2.18. The molecule has 0 fully saturated rings. The lowest BCUT2D eigenvalue weighted by molar-refractivity contribution is 0.669. The lowest BCUT2D eigenvalue weighted by Gasteiger charge is -2.18. The average Bonchev–Trinajstić information content (AvgIpc) is 3.79. The van der Waals surface area contributed by atoms with Gasteiger partial charge in [-0.2, -0.15) is 0 Å². The number of fused-ring (bicyclic) bond motifs is 8. The van der Waals surface area contributed by atoms with Gasteiger partial charge in [0.15, 0.2) is 0 Å². The fourth-order valence-electron chi connectivity index (χ4n) is 5.65. The molecule has 47 heavy (non-hydrogen) atoms. The Morgan fingerprint density at radius 1 is 0.298 bits per heavy atom. The van der Waals surface area contributed by atoms with Crippen LogP contribution in [-0.4, -0.2) is 0 Å². The molecule has 0 atom stereocenters. The molecule has 0 saturated carbocycles. The Bertz CT molecular complexity index is 4330. The second-order valence-electron chi connectivity index (χ2n) is 10.3. The smallest absolute Gasteiger partial charge is 0.135 e. The first-order chi connectivity index (χ1) is 35.0. The number of rotatable bonds is 3. The van der Waals surface area contributed by atoms with Crippen LogP contribution in [0.2, 0.25) is 0 Å². The van der Waals surface area contributed by atoms with Crippen molar-refractivity contribution < 1.29 is 42.8 Å². The normalized spacial score (nSPS) is 20.2. The van der Waals surface area contributed by atoms with Crippen molar-refractivity contribution in [2.45, 2.75) is 0 Å². The quantitative estimate of drug-likeness (QED) is 0.141. The summed E-state index contributed by atoms with van der Waals surface area (Å²) in [4.78, 5) is 0. The van der Waals surface area contributed by atoms with Gasteiger partial charge in [0.2, 0.25) is 0 Å². The van der Waals surface area contributed by atoms with Gasteiger partial charge in [-0.3, -0.25) is 0 Å². The zero-order chi connectivity index (χ0) is 55.3. The van der Waals surface area contributed by atoms with Crippen LogP contribution in [0, 0.1) is 0 Å². The van der Waals surface area contributed by atoms with Gasteiger partial charge in [-0.1, -0.05) is 145 Å². The van der Waals surface area contributed by atoms with Gasteiger partial charge in [-0.15, -0.1) is 0 Å². The third-order valence-corrected chi connectivity index (χ3v) is 7.70. The summed E-state index contributed by atoms with van der Waals surface area (Å²) < 4.78 is 257. The first-order valence-electron chi connectivity index (χ1n) is 27.9. The van der Waals surface area contributed by atoms with Gasteiger partial charge in [-0.05, 0) is 101 Å². The van der Waals surface area contributed by atoms with Gasteiger partial charge in [-0.25, -0.2) is 0 Å². The molecule has 0 amide bonds. The first-order valence-corrected chi connectivity index (χ1v) is 13.9. The molecule has 1 heteroatoms. The van der Waals surface area contributed by atoms with E-state index in [-0.39, 0.29) is 0 Å². The number of furan rings is 1. The summed E-state index contributed by atoms with van der Waals surface area (Å²) in [6.07, 6.45) is 0. The van der Waals surface area contributed by atoms with Crippen LogP contribution in [0.25, 0.3) is 98.4 Å². The van der Waals surface area contributed by atoms with Crippen LogP contribution in [0.4, 0.5) is 0 Å². The largest absolute Gasteiger partial charge is 0.456 e. The number of hydrogen-bond donors (Lipinski definition) is 0. The second-order valence-corrected chi connectivity index (χ2v) is 10.3. The van der Waals surface area contributed by atoms with Crippen LogP contribution < -0.4 is 0 Å². The molecule has 0 aliphatic carbocycles. The van der Waals surface area contributed by atoms with Crippen molar-refractivity contribution in [2.24, 2.45) is 0 Å². The molecule has 0 bridgehead atoms. The van der Waals surface area contributed by atoms with Crippen molar-refractivity contribution in [2.75, 3.05) is 0 Å².